The normalized spacial score (nSPS) is 16.3. The Bertz CT molecular complexity index is 521. The molecule has 0 radical (unpaired) electrons. The van der Waals surface area contributed by atoms with Crippen LogP contribution in [0.5, 0.6) is 5.75 Å². The van der Waals surface area contributed by atoms with Gasteiger partial charge in [0, 0.05) is 0 Å². The molecular formula is C13H11F3O2. The quantitative estimate of drug-likeness (QED) is 0.765. The van der Waals surface area contributed by atoms with Crippen molar-refractivity contribution in [3.63, 3.8) is 0 Å². The molecule has 1 aromatic rings. The van der Waals surface area contributed by atoms with Crippen LogP contribution >= 0.6 is 0 Å². The second-order valence-electron chi connectivity index (χ2n) is 3.82. The van der Waals surface area contributed by atoms with Crippen LogP contribution in [0.25, 0.3) is 6.08 Å². The van der Waals surface area contributed by atoms with E-state index < -0.39 is 17.5 Å². The van der Waals surface area contributed by atoms with E-state index in [9.17, 15) is 13.2 Å². The molecule has 18 heavy (non-hydrogen) atoms. The molecule has 0 aliphatic carbocycles. The predicted octanol–water partition coefficient (Wildman–Crippen LogP) is 3.83. The lowest BCUT2D eigenvalue weighted by Crippen LogP contribution is -2.24. The number of allylic oxidation sites excluding steroid dienone is 1. The van der Waals surface area contributed by atoms with Gasteiger partial charge >= 0.3 is 6.11 Å². The fraction of sp³-hybridized carbons (Fsp3) is 0.231. The summed E-state index contributed by atoms with van der Waals surface area (Å²) >= 11 is 0. The van der Waals surface area contributed by atoms with E-state index in [-0.39, 0.29) is 23.7 Å². The first-order valence-electron chi connectivity index (χ1n) is 5.27. The van der Waals surface area contributed by atoms with Gasteiger partial charge in [0.1, 0.15) is 17.9 Å². The maximum Gasteiger partial charge on any atom is 0.429 e. The van der Waals surface area contributed by atoms with Crippen molar-refractivity contribution in [3.8, 4) is 5.75 Å². The van der Waals surface area contributed by atoms with E-state index in [1.165, 1.54) is 31.2 Å². The van der Waals surface area contributed by atoms with E-state index in [4.69, 9.17) is 4.74 Å². The maximum absolute atomic E-state index is 14.0. The summed E-state index contributed by atoms with van der Waals surface area (Å²) < 4.78 is 50.5. The van der Waals surface area contributed by atoms with Gasteiger partial charge in [-0.05, 0) is 24.6 Å². The molecule has 0 saturated heterocycles. The van der Waals surface area contributed by atoms with Crippen LogP contribution in [0.1, 0.15) is 18.1 Å². The average molecular weight is 256 g/mol. The minimum absolute atomic E-state index is 0.0339. The average Bonchev–Trinajstić information content (AvgIpc) is 2.25. The molecule has 2 rings (SSSR count). The van der Waals surface area contributed by atoms with Gasteiger partial charge in [0.05, 0.1) is 0 Å². The Kier molecular flexibility index (Phi) is 3.07. The van der Waals surface area contributed by atoms with Crippen LogP contribution in [0.3, 0.4) is 0 Å². The first-order chi connectivity index (χ1) is 8.45. The van der Waals surface area contributed by atoms with Gasteiger partial charge in [-0.3, -0.25) is 0 Å². The highest BCUT2D eigenvalue weighted by molar-refractivity contribution is 5.60. The maximum atomic E-state index is 14.0. The van der Waals surface area contributed by atoms with Gasteiger partial charge in [-0.2, -0.15) is 8.78 Å². The topological polar surface area (TPSA) is 18.5 Å². The third kappa shape index (κ3) is 2.08. The minimum Gasteiger partial charge on any atom is -0.486 e. The molecule has 1 aliphatic heterocycles. The number of hydrogen-bond donors (Lipinski definition) is 0. The highest BCUT2D eigenvalue weighted by atomic mass is 19.3. The summed E-state index contributed by atoms with van der Waals surface area (Å²) in [6, 6.07) is 2.68. The van der Waals surface area contributed by atoms with Crippen molar-refractivity contribution in [1.29, 1.82) is 0 Å². The Morgan fingerprint density at radius 2 is 2.17 bits per heavy atom. The summed E-state index contributed by atoms with van der Waals surface area (Å²) in [5.74, 6) is -1.32. The lowest BCUT2D eigenvalue weighted by molar-refractivity contribution is -0.226. The molecule has 0 N–H and O–H groups in total. The summed E-state index contributed by atoms with van der Waals surface area (Å²) in [6.07, 6.45) is -0.934. The molecule has 96 valence electrons. The standard InChI is InChI=1S/C13H11F3O2/c1-3-6-17-10-5-4-9-7-8(2)18-13(15,16)11(9)12(10)14/h3-5,7H,1,6H2,2H3. The van der Waals surface area contributed by atoms with Crippen LogP contribution < -0.4 is 4.74 Å². The fourth-order valence-electron chi connectivity index (χ4n) is 1.75. The van der Waals surface area contributed by atoms with Crippen molar-refractivity contribution >= 4 is 6.08 Å². The first kappa shape index (κ1) is 12.5. The van der Waals surface area contributed by atoms with Crippen molar-refractivity contribution in [3.05, 3.63) is 47.5 Å². The zero-order chi connectivity index (χ0) is 13.3. The Labute approximate surface area is 102 Å². The lowest BCUT2D eigenvalue weighted by Gasteiger charge is -2.25. The van der Waals surface area contributed by atoms with E-state index in [1.807, 2.05) is 0 Å². The van der Waals surface area contributed by atoms with E-state index in [0.717, 1.165) is 0 Å². The third-order valence-electron chi connectivity index (χ3n) is 2.43. The van der Waals surface area contributed by atoms with Gasteiger partial charge in [0.2, 0.25) is 0 Å². The highest BCUT2D eigenvalue weighted by Crippen LogP contribution is 2.42. The van der Waals surface area contributed by atoms with Gasteiger partial charge in [-0.1, -0.05) is 18.7 Å². The summed E-state index contributed by atoms with van der Waals surface area (Å²) in [7, 11) is 0. The summed E-state index contributed by atoms with van der Waals surface area (Å²) in [5.41, 5.74) is -0.707. The Hall–Kier alpha value is -1.91. The summed E-state index contributed by atoms with van der Waals surface area (Å²) in [5, 5.41) is 0. The molecule has 0 fully saturated rings. The summed E-state index contributed by atoms with van der Waals surface area (Å²) in [4.78, 5) is 0. The smallest absolute Gasteiger partial charge is 0.429 e. The van der Waals surface area contributed by atoms with Crippen molar-refractivity contribution in [1.82, 2.24) is 0 Å². The van der Waals surface area contributed by atoms with Crippen molar-refractivity contribution in [2.24, 2.45) is 0 Å². The highest BCUT2D eigenvalue weighted by Gasteiger charge is 2.43. The van der Waals surface area contributed by atoms with Crippen LogP contribution in [0.2, 0.25) is 0 Å². The molecule has 2 nitrogen and oxygen atoms in total. The van der Waals surface area contributed by atoms with Gasteiger partial charge in [-0.15, -0.1) is 0 Å². The number of benzene rings is 1. The van der Waals surface area contributed by atoms with E-state index >= 15 is 0 Å². The van der Waals surface area contributed by atoms with Gasteiger partial charge in [0.15, 0.2) is 11.6 Å². The lowest BCUT2D eigenvalue weighted by atomic mass is 10.0. The van der Waals surface area contributed by atoms with Gasteiger partial charge in [-0.25, -0.2) is 4.39 Å². The van der Waals surface area contributed by atoms with Crippen molar-refractivity contribution in [2.45, 2.75) is 13.0 Å². The second kappa shape index (κ2) is 4.40. The largest absolute Gasteiger partial charge is 0.486 e. The second-order valence-corrected chi connectivity index (χ2v) is 3.82. The Morgan fingerprint density at radius 1 is 1.44 bits per heavy atom. The van der Waals surface area contributed by atoms with Crippen LogP contribution in [-0.4, -0.2) is 6.61 Å². The molecule has 0 saturated carbocycles. The zero-order valence-corrected chi connectivity index (χ0v) is 9.67. The molecule has 0 atom stereocenters. The number of fused-ring (bicyclic) bond motifs is 1. The molecule has 5 heteroatoms. The molecule has 0 bridgehead atoms. The van der Waals surface area contributed by atoms with Crippen LogP contribution in [0.4, 0.5) is 13.2 Å². The van der Waals surface area contributed by atoms with E-state index in [2.05, 4.69) is 11.3 Å². The third-order valence-corrected chi connectivity index (χ3v) is 2.43. The van der Waals surface area contributed by atoms with E-state index in [1.54, 1.807) is 0 Å². The number of halogens is 3. The van der Waals surface area contributed by atoms with Crippen LogP contribution in [0, 0.1) is 5.82 Å². The van der Waals surface area contributed by atoms with Gasteiger partial charge in [0.25, 0.3) is 0 Å². The molecule has 0 unspecified atom stereocenters. The number of ether oxygens (including phenoxy) is 2. The van der Waals surface area contributed by atoms with Crippen molar-refractivity contribution in [2.75, 3.05) is 6.61 Å². The molecule has 0 amide bonds. The minimum atomic E-state index is -3.69. The van der Waals surface area contributed by atoms with Gasteiger partial charge < -0.3 is 9.47 Å². The molecular weight excluding hydrogens is 245 g/mol. The number of rotatable bonds is 3. The molecule has 1 heterocycles. The van der Waals surface area contributed by atoms with Crippen LogP contribution in [0.15, 0.2) is 30.5 Å². The Balaban J connectivity index is 2.53. The summed E-state index contributed by atoms with van der Waals surface area (Å²) in [6.45, 7) is 4.83. The Morgan fingerprint density at radius 3 is 2.83 bits per heavy atom. The molecule has 1 aromatic carbocycles. The fourth-order valence-corrected chi connectivity index (χ4v) is 1.75. The molecule has 0 spiro atoms. The predicted molar refractivity (Wildman–Crippen MR) is 60.7 cm³/mol. The first-order valence-corrected chi connectivity index (χ1v) is 5.27. The number of alkyl halides is 2. The van der Waals surface area contributed by atoms with Crippen LogP contribution in [-0.2, 0) is 10.8 Å². The zero-order valence-electron chi connectivity index (χ0n) is 9.67. The number of hydrogen-bond acceptors (Lipinski definition) is 2. The van der Waals surface area contributed by atoms with Crippen molar-refractivity contribution < 1.29 is 22.6 Å². The molecule has 1 aliphatic rings. The van der Waals surface area contributed by atoms with E-state index in [0.29, 0.717) is 0 Å². The molecule has 0 aromatic heterocycles. The monoisotopic (exact) mass is 256 g/mol. The SMILES string of the molecule is C=CCOc1ccc2c(c1F)C(F)(F)OC(C)=C2.